The van der Waals surface area contributed by atoms with Crippen molar-refractivity contribution >= 4 is 91.0 Å². The molecule has 0 saturated carbocycles. The Kier molecular flexibility index (Phi) is 14.9. The first-order valence-corrected chi connectivity index (χ1v) is 26.5. The van der Waals surface area contributed by atoms with Crippen molar-refractivity contribution in [1.82, 2.24) is 35.5 Å². The zero-order chi connectivity index (χ0) is 48.3. The first-order valence-electron chi connectivity index (χ1n) is 23.1. The van der Waals surface area contributed by atoms with Crippen LogP contribution in [0.15, 0.2) is 62.3 Å². The van der Waals surface area contributed by atoms with E-state index in [-0.39, 0.29) is 42.0 Å². The van der Waals surface area contributed by atoms with Gasteiger partial charge in [-0.2, -0.15) is 4.98 Å². The van der Waals surface area contributed by atoms with Crippen LogP contribution in [0.4, 0.5) is 37.6 Å². The molecule has 0 bridgehead atoms. The first kappa shape index (κ1) is 48.7. The molecule has 8 rings (SSSR count). The third kappa shape index (κ3) is 10.5. The number of ether oxygens (including phenoxy) is 1. The zero-order valence-corrected chi connectivity index (χ0v) is 41.2. The lowest BCUT2D eigenvalue weighted by atomic mass is 10.0. The maximum absolute atomic E-state index is 15.1. The van der Waals surface area contributed by atoms with Crippen LogP contribution < -0.4 is 47.3 Å². The molecule has 2 saturated heterocycles. The van der Waals surface area contributed by atoms with Crippen molar-refractivity contribution in [1.29, 1.82) is 0 Å². The molecule has 5 heterocycles. The molecule has 0 spiro atoms. The zero-order valence-electron chi connectivity index (χ0n) is 38.7. The summed E-state index contributed by atoms with van der Waals surface area (Å²) >= 11 is 3.61. The Hall–Kier alpha value is -5.75. The molecule has 2 fully saturated rings. The number of nitrogens with zero attached hydrogens (tertiary/aromatic N) is 5. The van der Waals surface area contributed by atoms with Gasteiger partial charge in [0.25, 0.3) is 0 Å². The molecular weight excluding hydrogens is 961 g/mol. The number of hydrogen-bond donors (Lipinski definition) is 5. The van der Waals surface area contributed by atoms with Crippen LogP contribution in [-0.2, 0) is 33.4 Å². The smallest absolute Gasteiger partial charge is 0.420 e. The Morgan fingerprint density at radius 2 is 1.72 bits per heavy atom. The number of pyridine rings is 1. The molecule has 360 valence electrons. The van der Waals surface area contributed by atoms with Gasteiger partial charge in [0.1, 0.15) is 36.1 Å². The monoisotopic (exact) mass is 1020 g/mol. The minimum absolute atomic E-state index is 0.00277. The van der Waals surface area contributed by atoms with Gasteiger partial charge < -0.3 is 39.9 Å². The Morgan fingerprint density at radius 1 is 0.926 bits per heavy atom. The van der Waals surface area contributed by atoms with Crippen molar-refractivity contribution in [3.05, 3.63) is 92.1 Å². The van der Waals surface area contributed by atoms with Gasteiger partial charge in [0.15, 0.2) is 11.4 Å². The molecule has 16 nitrogen and oxygen atoms in total. The Bertz CT molecular complexity index is 2990. The van der Waals surface area contributed by atoms with E-state index in [1.54, 1.807) is 19.5 Å². The molecule has 0 aliphatic carbocycles. The van der Waals surface area contributed by atoms with Gasteiger partial charge in [-0.3, -0.25) is 24.5 Å². The average Bonchev–Trinajstić information content (AvgIpc) is 3.66. The summed E-state index contributed by atoms with van der Waals surface area (Å²) in [5.74, 6) is -2.53. The average molecular weight is 1020 g/mol. The van der Waals surface area contributed by atoms with Crippen LogP contribution >= 0.6 is 23.1 Å². The Balaban J connectivity index is 0.874. The van der Waals surface area contributed by atoms with Crippen LogP contribution in [0.3, 0.4) is 0 Å². The highest BCUT2D eigenvalue weighted by Crippen LogP contribution is 2.42. The van der Waals surface area contributed by atoms with Gasteiger partial charge in [0.2, 0.25) is 17.8 Å². The molecular formula is C48H56BrF2N10O6P. The number of amides is 2. The molecule has 2 amide bonds. The summed E-state index contributed by atoms with van der Waals surface area (Å²) in [4.78, 5) is 53.5. The summed E-state index contributed by atoms with van der Waals surface area (Å²) < 4.78 is 56.9. The number of halogens is 3. The number of benzene rings is 3. The van der Waals surface area contributed by atoms with Gasteiger partial charge in [0.05, 0.1) is 28.0 Å². The van der Waals surface area contributed by atoms with E-state index in [1.807, 2.05) is 31.2 Å². The predicted molar refractivity (Wildman–Crippen MR) is 265 cm³/mol. The van der Waals surface area contributed by atoms with E-state index >= 15 is 8.78 Å². The lowest BCUT2D eigenvalue weighted by Gasteiger charge is -2.35. The van der Waals surface area contributed by atoms with Crippen molar-refractivity contribution in [2.24, 2.45) is 0 Å². The summed E-state index contributed by atoms with van der Waals surface area (Å²) in [5, 5.41) is 17.5. The third-order valence-electron chi connectivity index (χ3n) is 12.4. The second-order valence-electron chi connectivity index (χ2n) is 17.4. The normalized spacial score (nSPS) is 15.9. The summed E-state index contributed by atoms with van der Waals surface area (Å²) in [6.07, 6.45) is 5.19. The number of nitrogens with one attached hydrogen (secondary N) is 5. The number of carbonyl (C=O) groups excluding carboxylic acids is 2. The third-order valence-corrected chi connectivity index (χ3v) is 14.6. The highest BCUT2D eigenvalue weighted by atomic mass is 79.9. The molecule has 3 aromatic carbocycles. The number of fused-ring (bicyclic) bond motifs is 2. The van der Waals surface area contributed by atoms with Crippen molar-refractivity contribution in [2.45, 2.75) is 77.8 Å². The molecule has 0 radical (unpaired) electrons. The van der Waals surface area contributed by atoms with Crippen molar-refractivity contribution in [3.63, 3.8) is 0 Å². The lowest BCUT2D eigenvalue weighted by Crippen LogP contribution is -2.44. The lowest BCUT2D eigenvalue weighted by molar-refractivity contribution is -0.135. The molecule has 6 aromatic rings. The second-order valence-corrected chi connectivity index (χ2v) is 21.4. The SMILES string of the molecule is CCOc1cc(N2CCC(NCCNCCc3c(F)cc(F)c4c3oc(=O)n4C3CCC(=O)NC3=O)CC2)c(CC)cc1Nc1ncc(Br)c(Nc2ccc3nc(CC)ccc3c2P(C)(C)=O)n1. The first-order chi connectivity index (χ1) is 32.7. The molecule has 1 unspecified atom stereocenters. The summed E-state index contributed by atoms with van der Waals surface area (Å²) in [5.41, 5.74) is 4.95. The van der Waals surface area contributed by atoms with E-state index in [0.717, 1.165) is 76.9 Å². The van der Waals surface area contributed by atoms with E-state index in [0.29, 0.717) is 65.3 Å². The molecule has 20 heteroatoms. The highest BCUT2D eigenvalue weighted by Gasteiger charge is 2.34. The van der Waals surface area contributed by atoms with Crippen LogP contribution in [-0.4, -0.2) is 90.0 Å². The number of anilines is 5. The van der Waals surface area contributed by atoms with E-state index in [4.69, 9.17) is 19.1 Å². The van der Waals surface area contributed by atoms with Crippen LogP contribution in [0.25, 0.3) is 22.0 Å². The van der Waals surface area contributed by atoms with Gasteiger partial charge >= 0.3 is 5.76 Å². The van der Waals surface area contributed by atoms with E-state index in [9.17, 15) is 18.9 Å². The fourth-order valence-electron chi connectivity index (χ4n) is 9.10. The summed E-state index contributed by atoms with van der Waals surface area (Å²) in [6, 6.07) is 11.9. The van der Waals surface area contributed by atoms with Gasteiger partial charge in [-0.1, -0.05) is 19.9 Å². The fourth-order valence-corrected chi connectivity index (χ4v) is 10.9. The van der Waals surface area contributed by atoms with Crippen molar-refractivity contribution in [3.8, 4) is 5.75 Å². The largest absolute Gasteiger partial charge is 0.492 e. The molecule has 3 aromatic heterocycles. The van der Waals surface area contributed by atoms with E-state index in [1.165, 1.54) is 0 Å². The summed E-state index contributed by atoms with van der Waals surface area (Å²) in [6.45, 7) is 13.4. The van der Waals surface area contributed by atoms with E-state index < -0.39 is 42.4 Å². The molecule has 2 aliphatic heterocycles. The predicted octanol–water partition coefficient (Wildman–Crippen LogP) is 7.60. The second kappa shape index (κ2) is 20.9. The van der Waals surface area contributed by atoms with Crippen LogP contribution in [0, 0.1) is 11.6 Å². The Morgan fingerprint density at radius 3 is 2.44 bits per heavy atom. The van der Waals surface area contributed by atoms with Gasteiger partial charge in [-0.05, 0) is 111 Å². The minimum atomic E-state index is -2.76. The standard InChI is InChI=1S/C48H56BrF2N10O6P/c1-6-27-23-37(57-47-54-26-32(49)45(59-47)56-36-12-11-35-31(44(36)68(4,5)65)10-9-28(7-2)55-35)40(66-8-3)25-39(27)60-21-16-29(17-22-60)53-20-19-52-18-15-30-33(50)24-34(51)42-43(30)67-48(64)61(42)38-13-14-41(62)58-46(38)63/h9-12,23-26,29,38,52-53H,6-8,13-22H2,1-5H3,(H,58,62,63)(H2,54,56,57,59). The molecule has 5 N–H and O–H groups in total. The molecule has 68 heavy (non-hydrogen) atoms. The Labute approximate surface area is 400 Å². The topological polar surface area (TPSA) is 198 Å². The quantitative estimate of drug-likeness (QED) is 0.0321. The van der Waals surface area contributed by atoms with Crippen molar-refractivity contribution in [2.75, 3.05) is 68.2 Å². The highest BCUT2D eigenvalue weighted by molar-refractivity contribution is 9.10. The number of piperidine rings is 2. The molecule has 1 atom stereocenters. The maximum Gasteiger partial charge on any atom is 0.420 e. The number of aryl methyl sites for hydroxylation is 2. The van der Waals surface area contributed by atoms with Gasteiger partial charge in [0, 0.05) is 84.6 Å². The number of imide groups is 1. The minimum Gasteiger partial charge on any atom is -0.492 e. The number of aromatic nitrogens is 4. The number of oxazole rings is 1. The maximum atomic E-state index is 15.1. The summed E-state index contributed by atoms with van der Waals surface area (Å²) in [7, 11) is -2.76. The van der Waals surface area contributed by atoms with Gasteiger partial charge in [-0.15, -0.1) is 0 Å². The van der Waals surface area contributed by atoms with E-state index in [2.05, 4.69) is 78.4 Å². The fraction of sp³-hybridized carbons (Fsp3) is 0.417. The van der Waals surface area contributed by atoms with Crippen LogP contribution in [0.5, 0.6) is 5.75 Å². The van der Waals surface area contributed by atoms with Gasteiger partial charge in [-0.25, -0.2) is 18.6 Å². The number of hydrogen-bond acceptors (Lipinski definition) is 14. The number of rotatable bonds is 18. The van der Waals surface area contributed by atoms with Crippen LogP contribution in [0.1, 0.15) is 69.3 Å². The van der Waals surface area contributed by atoms with Crippen LogP contribution in [0.2, 0.25) is 0 Å². The molecule has 2 aliphatic rings. The van der Waals surface area contributed by atoms with Crippen molar-refractivity contribution < 1.29 is 32.1 Å². The number of carbonyl (C=O) groups is 2.